The number of aryl methyl sites for hydroxylation is 1. The van der Waals surface area contributed by atoms with Gasteiger partial charge in [-0.15, -0.1) is 0 Å². The summed E-state index contributed by atoms with van der Waals surface area (Å²) in [5.74, 6) is -0.128. The van der Waals surface area contributed by atoms with E-state index in [1.807, 2.05) is 0 Å². The van der Waals surface area contributed by atoms with Gasteiger partial charge in [-0.1, -0.05) is 18.2 Å². The quantitative estimate of drug-likeness (QED) is 0.740. The monoisotopic (exact) mass is 284 g/mol. The molecule has 2 aromatic rings. The highest BCUT2D eigenvalue weighted by molar-refractivity contribution is 5.29. The Labute approximate surface area is 113 Å². The van der Waals surface area contributed by atoms with Crippen molar-refractivity contribution in [1.29, 1.82) is 0 Å². The second kappa shape index (κ2) is 5.53. The molecule has 0 N–H and O–H groups in total. The Kier molecular flexibility index (Phi) is 3.97. The first kappa shape index (κ1) is 14.4. The van der Waals surface area contributed by atoms with E-state index in [2.05, 4.69) is 0 Å². The summed E-state index contributed by atoms with van der Waals surface area (Å²) in [6.45, 7) is 1.57. The van der Waals surface area contributed by atoms with Crippen LogP contribution in [0, 0.1) is 12.7 Å². The van der Waals surface area contributed by atoms with Gasteiger partial charge in [0.15, 0.2) is 0 Å². The summed E-state index contributed by atoms with van der Waals surface area (Å²) in [6.07, 6.45) is -4.38. The second-order valence-electron chi connectivity index (χ2n) is 4.40. The largest absolute Gasteiger partial charge is 0.489 e. The van der Waals surface area contributed by atoms with Crippen LogP contribution in [0.3, 0.4) is 0 Å². The molecule has 0 fully saturated rings. The van der Waals surface area contributed by atoms with Gasteiger partial charge in [0, 0.05) is 6.07 Å². The van der Waals surface area contributed by atoms with Gasteiger partial charge in [-0.2, -0.15) is 13.2 Å². The van der Waals surface area contributed by atoms with Gasteiger partial charge >= 0.3 is 6.18 Å². The Bertz CT molecular complexity index is 605. The third-order valence-electron chi connectivity index (χ3n) is 2.80. The molecular formula is C15H12F4O. The third kappa shape index (κ3) is 3.50. The Balaban J connectivity index is 2.09. The number of ether oxygens (including phenoxy) is 1. The smallest absolute Gasteiger partial charge is 0.416 e. The fourth-order valence-electron chi connectivity index (χ4n) is 1.67. The summed E-state index contributed by atoms with van der Waals surface area (Å²) in [7, 11) is 0. The lowest BCUT2D eigenvalue weighted by atomic mass is 10.1. The molecule has 5 heteroatoms. The highest BCUT2D eigenvalue weighted by Crippen LogP contribution is 2.29. The lowest BCUT2D eigenvalue weighted by Crippen LogP contribution is -2.06. The van der Waals surface area contributed by atoms with Gasteiger partial charge in [-0.05, 0) is 36.2 Å². The van der Waals surface area contributed by atoms with Crippen molar-refractivity contribution < 1.29 is 22.3 Å². The number of halogens is 4. The normalized spacial score (nSPS) is 11.4. The fourth-order valence-corrected chi connectivity index (χ4v) is 1.67. The maximum atomic E-state index is 13.3. The van der Waals surface area contributed by atoms with Gasteiger partial charge in [-0.3, -0.25) is 0 Å². The number of hydrogen-bond donors (Lipinski definition) is 0. The topological polar surface area (TPSA) is 9.23 Å². The maximum Gasteiger partial charge on any atom is 0.416 e. The van der Waals surface area contributed by atoms with E-state index in [-0.39, 0.29) is 12.4 Å². The lowest BCUT2D eigenvalue weighted by molar-refractivity contribution is -0.137. The van der Waals surface area contributed by atoms with Crippen molar-refractivity contribution in [2.24, 2.45) is 0 Å². The molecule has 2 rings (SSSR count). The van der Waals surface area contributed by atoms with Crippen LogP contribution >= 0.6 is 0 Å². The van der Waals surface area contributed by atoms with Gasteiger partial charge in [0.05, 0.1) is 5.56 Å². The summed E-state index contributed by atoms with van der Waals surface area (Å²) in [6, 6.07) is 9.20. The number of alkyl halides is 3. The molecule has 0 saturated heterocycles. The molecule has 0 aliphatic carbocycles. The van der Waals surface area contributed by atoms with Gasteiger partial charge in [0.2, 0.25) is 0 Å². The van der Waals surface area contributed by atoms with E-state index >= 15 is 0 Å². The highest BCUT2D eigenvalue weighted by Gasteiger charge is 2.30. The maximum absolute atomic E-state index is 13.3. The molecule has 20 heavy (non-hydrogen) atoms. The predicted octanol–water partition coefficient (Wildman–Crippen LogP) is 4.73. The molecule has 2 aromatic carbocycles. The van der Waals surface area contributed by atoms with Gasteiger partial charge in [-0.25, -0.2) is 4.39 Å². The van der Waals surface area contributed by atoms with E-state index in [9.17, 15) is 17.6 Å². The van der Waals surface area contributed by atoms with Crippen LogP contribution in [0.5, 0.6) is 5.75 Å². The van der Waals surface area contributed by atoms with E-state index in [1.54, 1.807) is 19.1 Å². The number of benzene rings is 2. The molecule has 1 nitrogen and oxygen atoms in total. The molecular weight excluding hydrogens is 272 g/mol. The van der Waals surface area contributed by atoms with Crippen molar-refractivity contribution in [2.45, 2.75) is 19.7 Å². The Morgan fingerprint density at radius 3 is 2.45 bits per heavy atom. The summed E-state index contributed by atoms with van der Waals surface area (Å²) in [5, 5.41) is 0. The van der Waals surface area contributed by atoms with Crippen LogP contribution in [0.4, 0.5) is 17.6 Å². The summed E-state index contributed by atoms with van der Waals surface area (Å²) < 4.78 is 56.2. The first-order valence-electron chi connectivity index (χ1n) is 5.91. The minimum Gasteiger partial charge on any atom is -0.489 e. The molecule has 0 atom stereocenters. The Hall–Kier alpha value is -2.04. The highest BCUT2D eigenvalue weighted by atomic mass is 19.4. The van der Waals surface area contributed by atoms with Crippen LogP contribution in [0.15, 0.2) is 42.5 Å². The summed E-state index contributed by atoms with van der Waals surface area (Å²) >= 11 is 0. The van der Waals surface area contributed by atoms with Crippen LogP contribution in [0.1, 0.15) is 16.7 Å². The van der Waals surface area contributed by atoms with E-state index in [4.69, 9.17) is 4.74 Å². The first-order chi connectivity index (χ1) is 9.36. The molecule has 0 saturated carbocycles. The molecule has 0 aliphatic rings. The molecule has 0 bridgehead atoms. The van der Waals surface area contributed by atoms with Gasteiger partial charge < -0.3 is 4.74 Å². The van der Waals surface area contributed by atoms with Crippen molar-refractivity contribution in [3.63, 3.8) is 0 Å². The SMILES string of the molecule is Cc1ccc(OCc2cccc(C(F)(F)F)c2)cc1F. The third-order valence-corrected chi connectivity index (χ3v) is 2.80. The summed E-state index contributed by atoms with van der Waals surface area (Å²) in [5.41, 5.74) is 0.130. The average Bonchev–Trinajstić information content (AvgIpc) is 2.39. The zero-order chi connectivity index (χ0) is 14.8. The molecule has 0 amide bonds. The van der Waals surface area contributed by atoms with E-state index < -0.39 is 17.6 Å². The molecule has 0 aromatic heterocycles. The van der Waals surface area contributed by atoms with E-state index in [0.717, 1.165) is 12.1 Å². The van der Waals surface area contributed by atoms with Crippen LogP contribution in [-0.4, -0.2) is 0 Å². The van der Waals surface area contributed by atoms with Gasteiger partial charge in [0.1, 0.15) is 18.2 Å². The average molecular weight is 284 g/mol. The molecule has 0 unspecified atom stereocenters. The second-order valence-corrected chi connectivity index (χ2v) is 4.40. The van der Waals surface area contributed by atoms with E-state index in [1.165, 1.54) is 18.2 Å². The van der Waals surface area contributed by atoms with Crippen molar-refractivity contribution in [3.05, 3.63) is 65.0 Å². The molecule has 106 valence electrons. The molecule has 0 radical (unpaired) electrons. The van der Waals surface area contributed by atoms with Crippen molar-refractivity contribution in [3.8, 4) is 5.75 Å². The number of hydrogen-bond acceptors (Lipinski definition) is 1. The fraction of sp³-hybridized carbons (Fsp3) is 0.200. The lowest BCUT2D eigenvalue weighted by Gasteiger charge is -2.10. The molecule has 0 aliphatic heterocycles. The van der Waals surface area contributed by atoms with Crippen molar-refractivity contribution in [1.82, 2.24) is 0 Å². The van der Waals surface area contributed by atoms with Gasteiger partial charge in [0.25, 0.3) is 0 Å². The predicted molar refractivity (Wildman–Crippen MR) is 66.9 cm³/mol. The van der Waals surface area contributed by atoms with Crippen molar-refractivity contribution >= 4 is 0 Å². The van der Waals surface area contributed by atoms with Crippen LogP contribution in [-0.2, 0) is 12.8 Å². The number of rotatable bonds is 3. The minimum atomic E-state index is -4.38. The Morgan fingerprint density at radius 1 is 1.05 bits per heavy atom. The minimum absolute atomic E-state index is 0.0492. The molecule has 0 spiro atoms. The zero-order valence-corrected chi connectivity index (χ0v) is 10.7. The molecule has 0 heterocycles. The zero-order valence-electron chi connectivity index (χ0n) is 10.7. The standard InChI is InChI=1S/C15H12F4O/c1-10-5-6-13(8-14(10)16)20-9-11-3-2-4-12(7-11)15(17,18)19/h2-8H,9H2,1H3. The van der Waals surface area contributed by atoms with E-state index in [0.29, 0.717) is 11.1 Å². The van der Waals surface area contributed by atoms with Crippen LogP contribution in [0.25, 0.3) is 0 Å². The summed E-state index contributed by atoms with van der Waals surface area (Å²) in [4.78, 5) is 0. The van der Waals surface area contributed by atoms with Crippen molar-refractivity contribution in [2.75, 3.05) is 0 Å². The van der Waals surface area contributed by atoms with Crippen LogP contribution in [0.2, 0.25) is 0 Å². The Morgan fingerprint density at radius 2 is 1.80 bits per heavy atom. The first-order valence-corrected chi connectivity index (χ1v) is 5.91. The van der Waals surface area contributed by atoms with Crippen LogP contribution < -0.4 is 4.74 Å².